The molecule has 0 aromatic carbocycles. The van der Waals surface area contributed by atoms with E-state index in [4.69, 9.17) is 4.74 Å². The third-order valence-corrected chi connectivity index (χ3v) is 2.44. The van der Waals surface area contributed by atoms with Crippen molar-refractivity contribution in [3.05, 3.63) is 23.8 Å². The van der Waals surface area contributed by atoms with Crippen molar-refractivity contribution < 1.29 is 4.74 Å². The molecule has 0 amide bonds. The summed E-state index contributed by atoms with van der Waals surface area (Å²) in [6, 6.07) is 1.99. The van der Waals surface area contributed by atoms with Crippen LogP contribution in [0.25, 0.3) is 5.82 Å². The molecule has 90 valence electrons. The lowest BCUT2D eigenvalue weighted by atomic mass is 10.4. The van der Waals surface area contributed by atoms with E-state index in [1.54, 1.807) is 18.8 Å². The zero-order chi connectivity index (χ0) is 12.4. The zero-order valence-electron chi connectivity index (χ0n) is 10.4. The number of hydrogen-bond acceptors (Lipinski definition) is 5. The van der Waals surface area contributed by atoms with Gasteiger partial charge in [0, 0.05) is 12.7 Å². The van der Waals surface area contributed by atoms with E-state index in [0.29, 0.717) is 17.4 Å². The van der Waals surface area contributed by atoms with Crippen LogP contribution in [0, 0.1) is 13.8 Å². The fourth-order valence-corrected chi connectivity index (χ4v) is 1.72. The van der Waals surface area contributed by atoms with Gasteiger partial charge in [-0.1, -0.05) is 0 Å². The van der Waals surface area contributed by atoms with Crippen molar-refractivity contribution in [2.45, 2.75) is 13.8 Å². The van der Waals surface area contributed by atoms with Crippen LogP contribution >= 0.6 is 0 Å². The Labute approximate surface area is 99.7 Å². The summed E-state index contributed by atoms with van der Waals surface area (Å²) >= 11 is 0. The van der Waals surface area contributed by atoms with Crippen LogP contribution in [0.4, 0.5) is 5.82 Å². The number of rotatable bonds is 3. The molecule has 2 aromatic heterocycles. The molecule has 0 saturated heterocycles. The van der Waals surface area contributed by atoms with Crippen LogP contribution in [0.5, 0.6) is 5.75 Å². The summed E-state index contributed by atoms with van der Waals surface area (Å²) in [5.74, 6) is 1.86. The van der Waals surface area contributed by atoms with Crippen LogP contribution in [0.3, 0.4) is 0 Å². The highest BCUT2D eigenvalue weighted by Crippen LogP contribution is 2.27. The number of aryl methyl sites for hydroxylation is 2. The van der Waals surface area contributed by atoms with E-state index in [0.717, 1.165) is 11.4 Å². The van der Waals surface area contributed by atoms with Crippen molar-refractivity contribution in [2.75, 3.05) is 19.5 Å². The average Bonchev–Trinajstić information content (AvgIpc) is 2.67. The fourth-order valence-electron chi connectivity index (χ4n) is 1.72. The van der Waals surface area contributed by atoms with E-state index in [-0.39, 0.29) is 0 Å². The minimum absolute atomic E-state index is 0.584. The molecule has 0 unspecified atom stereocenters. The molecule has 2 rings (SSSR count). The smallest absolute Gasteiger partial charge is 0.206 e. The molecule has 6 nitrogen and oxygen atoms in total. The molecule has 0 atom stereocenters. The van der Waals surface area contributed by atoms with Crippen LogP contribution in [0.2, 0.25) is 0 Å². The predicted molar refractivity (Wildman–Crippen MR) is 64.7 cm³/mol. The lowest BCUT2D eigenvalue weighted by Crippen LogP contribution is -2.08. The summed E-state index contributed by atoms with van der Waals surface area (Å²) in [5, 5.41) is 7.35. The maximum Gasteiger partial charge on any atom is 0.206 e. The quantitative estimate of drug-likeness (QED) is 0.866. The van der Waals surface area contributed by atoms with Gasteiger partial charge in [-0.2, -0.15) is 5.10 Å². The number of nitrogens with zero attached hydrogens (tertiary/aromatic N) is 4. The van der Waals surface area contributed by atoms with Crippen LogP contribution in [-0.2, 0) is 0 Å². The highest BCUT2D eigenvalue weighted by Gasteiger charge is 2.15. The van der Waals surface area contributed by atoms with Crippen LogP contribution in [-0.4, -0.2) is 33.9 Å². The fraction of sp³-hybridized carbons (Fsp3) is 0.364. The zero-order valence-corrected chi connectivity index (χ0v) is 10.4. The highest BCUT2D eigenvalue weighted by atomic mass is 16.5. The van der Waals surface area contributed by atoms with Gasteiger partial charge in [0.25, 0.3) is 0 Å². The number of aromatic nitrogens is 4. The van der Waals surface area contributed by atoms with Gasteiger partial charge in [-0.15, -0.1) is 0 Å². The molecule has 0 saturated carbocycles. The first-order valence-corrected chi connectivity index (χ1v) is 5.27. The molecular formula is C11H15N5O. The number of hydrogen-bond donors (Lipinski definition) is 1. The number of anilines is 1. The molecule has 0 aliphatic carbocycles. The molecule has 0 fully saturated rings. The Hall–Kier alpha value is -2.11. The van der Waals surface area contributed by atoms with Gasteiger partial charge < -0.3 is 10.1 Å². The first-order chi connectivity index (χ1) is 8.17. The largest absolute Gasteiger partial charge is 0.490 e. The molecule has 1 N–H and O–H groups in total. The second-order valence-electron chi connectivity index (χ2n) is 3.67. The molecule has 0 aliphatic heterocycles. The first-order valence-electron chi connectivity index (χ1n) is 5.27. The minimum Gasteiger partial charge on any atom is -0.490 e. The van der Waals surface area contributed by atoms with Crippen molar-refractivity contribution in [1.82, 2.24) is 19.7 Å². The van der Waals surface area contributed by atoms with Crippen molar-refractivity contribution in [1.29, 1.82) is 0 Å². The van der Waals surface area contributed by atoms with E-state index in [9.17, 15) is 0 Å². The van der Waals surface area contributed by atoms with Crippen molar-refractivity contribution >= 4 is 5.82 Å². The Kier molecular flexibility index (Phi) is 2.95. The first kappa shape index (κ1) is 11.4. The van der Waals surface area contributed by atoms with Gasteiger partial charge in [0.1, 0.15) is 6.33 Å². The molecule has 17 heavy (non-hydrogen) atoms. The number of methoxy groups -OCH3 is 1. The third-order valence-electron chi connectivity index (χ3n) is 2.44. The maximum absolute atomic E-state index is 5.34. The van der Waals surface area contributed by atoms with Gasteiger partial charge in [0.05, 0.1) is 12.8 Å². The van der Waals surface area contributed by atoms with Gasteiger partial charge in [-0.25, -0.2) is 14.6 Å². The monoisotopic (exact) mass is 233 g/mol. The number of nitrogens with one attached hydrogen (secondary N) is 1. The van der Waals surface area contributed by atoms with Gasteiger partial charge >= 0.3 is 0 Å². The van der Waals surface area contributed by atoms with Gasteiger partial charge in [-0.3, -0.25) is 0 Å². The second kappa shape index (κ2) is 4.40. The molecule has 6 heteroatoms. The standard InChI is InChI=1S/C11H15N5O/c1-7-5-8(2)16(15-7)11-9(17-4)10(12-3)13-6-14-11/h5-6H,1-4H3,(H,12,13,14). The van der Waals surface area contributed by atoms with Crippen LogP contribution in [0.1, 0.15) is 11.4 Å². The SMILES string of the molecule is CNc1ncnc(-n2nc(C)cc2C)c1OC. The van der Waals surface area contributed by atoms with E-state index in [1.165, 1.54) is 6.33 Å². The topological polar surface area (TPSA) is 64.9 Å². The Morgan fingerprint density at radius 3 is 2.59 bits per heavy atom. The Morgan fingerprint density at radius 1 is 1.29 bits per heavy atom. The summed E-state index contributed by atoms with van der Waals surface area (Å²) in [4.78, 5) is 8.33. The van der Waals surface area contributed by atoms with Gasteiger partial charge in [0.15, 0.2) is 5.82 Å². The molecule has 0 spiro atoms. The van der Waals surface area contributed by atoms with Crippen LogP contribution < -0.4 is 10.1 Å². The lowest BCUT2D eigenvalue weighted by molar-refractivity contribution is 0.409. The molecular weight excluding hydrogens is 218 g/mol. The Balaban J connectivity index is 2.62. The van der Waals surface area contributed by atoms with Gasteiger partial charge in [0.2, 0.25) is 11.6 Å². The lowest BCUT2D eigenvalue weighted by Gasteiger charge is -2.11. The van der Waals surface area contributed by atoms with E-state index in [2.05, 4.69) is 20.4 Å². The maximum atomic E-state index is 5.34. The predicted octanol–water partition coefficient (Wildman–Crippen LogP) is 1.33. The van der Waals surface area contributed by atoms with Crippen LogP contribution in [0.15, 0.2) is 12.4 Å². The molecule has 2 heterocycles. The summed E-state index contributed by atoms with van der Waals surface area (Å²) in [6.45, 7) is 3.91. The van der Waals surface area contributed by atoms with Gasteiger partial charge in [-0.05, 0) is 19.9 Å². The Bertz CT molecular complexity index is 535. The van der Waals surface area contributed by atoms with E-state index >= 15 is 0 Å². The normalized spacial score (nSPS) is 10.4. The van der Waals surface area contributed by atoms with Crippen molar-refractivity contribution in [3.63, 3.8) is 0 Å². The molecule has 0 aliphatic rings. The van der Waals surface area contributed by atoms with Crippen molar-refractivity contribution in [3.8, 4) is 11.6 Å². The van der Waals surface area contributed by atoms with E-state index in [1.807, 2.05) is 19.9 Å². The minimum atomic E-state index is 0.584. The number of ether oxygens (including phenoxy) is 1. The molecule has 0 bridgehead atoms. The average molecular weight is 233 g/mol. The summed E-state index contributed by atoms with van der Waals surface area (Å²) in [6.07, 6.45) is 1.49. The molecule has 2 aromatic rings. The second-order valence-corrected chi connectivity index (χ2v) is 3.67. The Morgan fingerprint density at radius 2 is 2.06 bits per heavy atom. The third kappa shape index (κ3) is 1.93. The highest BCUT2D eigenvalue weighted by molar-refractivity contribution is 5.57. The summed E-state index contributed by atoms with van der Waals surface area (Å²) < 4.78 is 7.08. The van der Waals surface area contributed by atoms with Crippen molar-refractivity contribution in [2.24, 2.45) is 0 Å². The van der Waals surface area contributed by atoms with E-state index < -0.39 is 0 Å². The summed E-state index contributed by atoms with van der Waals surface area (Å²) in [5.41, 5.74) is 1.94. The molecule has 0 radical (unpaired) electrons. The summed E-state index contributed by atoms with van der Waals surface area (Å²) in [7, 11) is 3.38.